The number of ether oxygens (including phenoxy) is 2. The number of carbonyl (C=O) groups excluding carboxylic acids is 1. The van der Waals surface area contributed by atoms with Crippen molar-refractivity contribution in [2.45, 2.75) is 19.5 Å². The molecule has 24 heavy (non-hydrogen) atoms. The molecule has 0 heterocycles. The Labute approximate surface area is 143 Å². The molecule has 0 aliphatic carbocycles. The summed E-state index contributed by atoms with van der Waals surface area (Å²) in [7, 11) is 5.15. The van der Waals surface area contributed by atoms with Crippen molar-refractivity contribution in [3.05, 3.63) is 54.1 Å². The molecule has 0 aromatic heterocycles. The van der Waals surface area contributed by atoms with Gasteiger partial charge in [0.2, 0.25) is 5.91 Å². The number of para-hydroxylation sites is 1. The highest BCUT2D eigenvalue weighted by atomic mass is 16.5. The maximum absolute atomic E-state index is 12.4. The van der Waals surface area contributed by atoms with Crippen molar-refractivity contribution in [2.75, 3.05) is 26.6 Å². The van der Waals surface area contributed by atoms with Crippen LogP contribution in [0, 0.1) is 0 Å². The zero-order valence-electron chi connectivity index (χ0n) is 14.6. The summed E-state index contributed by atoms with van der Waals surface area (Å²) in [4.78, 5) is 14.4. The Morgan fingerprint density at radius 2 is 1.75 bits per heavy atom. The molecule has 5 nitrogen and oxygen atoms in total. The van der Waals surface area contributed by atoms with Gasteiger partial charge in [0, 0.05) is 12.2 Å². The molecule has 128 valence electrons. The Balaban J connectivity index is 2.00. The number of nitrogens with zero attached hydrogens (tertiary/aromatic N) is 1. The SMILES string of the molecule is COc1ccc(CN(C)[C@@H](C)C(=O)Nc2ccccc2)cc1OC. The van der Waals surface area contributed by atoms with Gasteiger partial charge in [-0.15, -0.1) is 0 Å². The number of hydrogen-bond donors (Lipinski definition) is 1. The summed E-state index contributed by atoms with van der Waals surface area (Å²) in [6, 6.07) is 15.0. The standard InChI is InChI=1S/C19H24N2O3/c1-14(19(22)20-16-8-6-5-7-9-16)21(2)13-15-10-11-17(23-3)18(12-15)24-4/h5-12,14H,13H2,1-4H3,(H,20,22)/t14-/m0/s1. The Hall–Kier alpha value is -2.53. The van der Waals surface area contributed by atoms with Crippen molar-refractivity contribution >= 4 is 11.6 Å². The van der Waals surface area contributed by atoms with Gasteiger partial charge in [0.1, 0.15) is 0 Å². The average Bonchev–Trinajstić information content (AvgIpc) is 2.61. The van der Waals surface area contributed by atoms with Crippen LogP contribution in [-0.2, 0) is 11.3 Å². The van der Waals surface area contributed by atoms with E-state index >= 15 is 0 Å². The molecule has 1 amide bonds. The summed E-state index contributed by atoms with van der Waals surface area (Å²) in [5.41, 5.74) is 1.85. The van der Waals surface area contributed by atoms with E-state index in [0.717, 1.165) is 11.3 Å². The molecule has 5 heteroatoms. The normalized spacial score (nSPS) is 11.9. The highest BCUT2D eigenvalue weighted by Gasteiger charge is 2.18. The van der Waals surface area contributed by atoms with Crippen molar-refractivity contribution in [1.29, 1.82) is 0 Å². The van der Waals surface area contributed by atoms with Crippen molar-refractivity contribution < 1.29 is 14.3 Å². The monoisotopic (exact) mass is 328 g/mol. The van der Waals surface area contributed by atoms with Crippen molar-refractivity contribution in [3.63, 3.8) is 0 Å². The lowest BCUT2D eigenvalue weighted by atomic mass is 10.1. The highest BCUT2D eigenvalue weighted by molar-refractivity contribution is 5.94. The van der Waals surface area contributed by atoms with Crippen LogP contribution in [0.4, 0.5) is 5.69 Å². The third-order valence-corrected chi connectivity index (χ3v) is 3.96. The fraction of sp³-hybridized carbons (Fsp3) is 0.316. The van der Waals surface area contributed by atoms with E-state index in [1.807, 2.05) is 67.4 Å². The van der Waals surface area contributed by atoms with E-state index in [9.17, 15) is 4.79 Å². The highest BCUT2D eigenvalue weighted by Crippen LogP contribution is 2.28. The lowest BCUT2D eigenvalue weighted by Gasteiger charge is -2.24. The zero-order valence-corrected chi connectivity index (χ0v) is 14.6. The number of benzene rings is 2. The van der Waals surface area contributed by atoms with Crippen LogP contribution < -0.4 is 14.8 Å². The Bertz CT molecular complexity index is 674. The van der Waals surface area contributed by atoms with E-state index in [4.69, 9.17) is 9.47 Å². The molecule has 0 unspecified atom stereocenters. The third kappa shape index (κ3) is 4.49. The van der Waals surface area contributed by atoms with Gasteiger partial charge >= 0.3 is 0 Å². The largest absolute Gasteiger partial charge is 0.493 e. The molecule has 0 saturated carbocycles. The Kier molecular flexibility index (Phi) is 6.21. The molecule has 0 aliphatic rings. The smallest absolute Gasteiger partial charge is 0.241 e. The van der Waals surface area contributed by atoms with Crippen LogP contribution in [0.5, 0.6) is 11.5 Å². The number of hydrogen-bond acceptors (Lipinski definition) is 4. The molecule has 1 atom stereocenters. The van der Waals surface area contributed by atoms with Gasteiger partial charge in [-0.2, -0.15) is 0 Å². The van der Waals surface area contributed by atoms with Crippen LogP contribution in [0.1, 0.15) is 12.5 Å². The first-order valence-corrected chi connectivity index (χ1v) is 7.82. The minimum absolute atomic E-state index is 0.0378. The molecule has 0 spiro atoms. The predicted octanol–water partition coefficient (Wildman–Crippen LogP) is 3.16. The molecule has 0 fully saturated rings. The number of amides is 1. The van der Waals surface area contributed by atoms with Crippen molar-refractivity contribution in [1.82, 2.24) is 4.90 Å². The van der Waals surface area contributed by atoms with E-state index in [0.29, 0.717) is 18.0 Å². The maximum atomic E-state index is 12.4. The van der Waals surface area contributed by atoms with Gasteiger partial charge in [0.25, 0.3) is 0 Å². The Morgan fingerprint density at radius 1 is 1.08 bits per heavy atom. The van der Waals surface area contributed by atoms with Gasteiger partial charge in [-0.3, -0.25) is 9.69 Å². The second-order valence-corrected chi connectivity index (χ2v) is 5.64. The van der Waals surface area contributed by atoms with Crippen LogP contribution in [-0.4, -0.2) is 38.1 Å². The van der Waals surface area contributed by atoms with Gasteiger partial charge < -0.3 is 14.8 Å². The van der Waals surface area contributed by atoms with Crippen LogP contribution in [0.3, 0.4) is 0 Å². The van der Waals surface area contributed by atoms with Crippen LogP contribution in [0.15, 0.2) is 48.5 Å². The predicted molar refractivity (Wildman–Crippen MR) is 95.5 cm³/mol. The van der Waals surface area contributed by atoms with E-state index in [2.05, 4.69) is 5.32 Å². The molecule has 2 rings (SSSR count). The summed E-state index contributed by atoms with van der Waals surface area (Å²) >= 11 is 0. The van der Waals surface area contributed by atoms with Gasteiger partial charge in [-0.05, 0) is 43.8 Å². The first kappa shape index (κ1) is 17.8. The lowest BCUT2D eigenvalue weighted by Crippen LogP contribution is -2.39. The molecule has 0 aliphatic heterocycles. The van der Waals surface area contributed by atoms with E-state index in [1.165, 1.54) is 0 Å². The second kappa shape index (κ2) is 8.36. The summed E-state index contributed by atoms with van der Waals surface area (Å²) < 4.78 is 10.6. The van der Waals surface area contributed by atoms with E-state index < -0.39 is 0 Å². The van der Waals surface area contributed by atoms with Gasteiger partial charge in [0.05, 0.1) is 20.3 Å². The minimum atomic E-state index is -0.265. The third-order valence-electron chi connectivity index (χ3n) is 3.96. The van der Waals surface area contributed by atoms with E-state index in [1.54, 1.807) is 14.2 Å². The number of rotatable bonds is 7. The molecular weight excluding hydrogens is 304 g/mol. The van der Waals surface area contributed by atoms with E-state index in [-0.39, 0.29) is 11.9 Å². The Morgan fingerprint density at radius 3 is 2.38 bits per heavy atom. The lowest BCUT2D eigenvalue weighted by molar-refractivity contribution is -0.120. The second-order valence-electron chi connectivity index (χ2n) is 5.64. The molecule has 0 radical (unpaired) electrons. The average molecular weight is 328 g/mol. The number of nitrogens with one attached hydrogen (secondary N) is 1. The quantitative estimate of drug-likeness (QED) is 0.848. The molecule has 0 bridgehead atoms. The molecule has 0 saturated heterocycles. The summed E-state index contributed by atoms with van der Waals surface area (Å²) in [5, 5.41) is 2.92. The number of likely N-dealkylation sites (N-methyl/N-ethyl adjacent to an activating group) is 1. The number of anilines is 1. The summed E-state index contributed by atoms with van der Waals surface area (Å²) in [6.07, 6.45) is 0. The maximum Gasteiger partial charge on any atom is 0.241 e. The topological polar surface area (TPSA) is 50.8 Å². The van der Waals surface area contributed by atoms with Gasteiger partial charge in [-0.25, -0.2) is 0 Å². The summed E-state index contributed by atoms with van der Waals surface area (Å²) in [5.74, 6) is 1.34. The van der Waals surface area contributed by atoms with Crippen molar-refractivity contribution in [3.8, 4) is 11.5 Å². The van der Waals surface area contributed by atoms with Crippen LogP contribution in [0.2, 0.25) is 0 Å². The molecule has 2 aromatic carbocycles. The molecular formula is C19H24N2O3. The van der Waals surface area contributed by atoms with Gasteiger partial charge in [-0.1, -0.05) is 24.3 Å². The first-order valence-electron chi connectivity index (χ1n) is 7.82. The van der Waals surface area contributed by atoms with Gasteiger partial charge in [0.15, 0.2) is 11.5 Å². The molecule has 2 aromatic rings. The number of methoxy groups -OCH3 is 2. The zero-order chi connectivity index (χ0) is 17.5. The van der Waals surface area contributed by atoms with Crippen LogP contribution >= 0.6 is 0 Å². The fourth-order valence-electron chi connectivity index (χ4n) is 2.37. The van der Waals surface area contributed by atoms with Crippen LogP contribution in [0.25, 0.3) is 0 Å². The fourth-order valence-corrected chi connectivity index (χ4v) is 2.37. The number of carbonyl (C=O) groups is 1. The van der Waals surface area contributed by atoms with Crippen molar-refractivity contribution in [2.24, 2.45) is 0 Å². The first-order chi connectivity index (χ1) is 11.5. The summed E-state index contributed by atoms with van der Waals surface area (Å²) in [6.45, 7) is 2.52. The molecule has 1 N–H and O–H groups in total. The minimum Gasteiger partial charge on any atom is -0.493 e.